The molecule has 0 saturated carbocycles. The molecule has 8 heteroatoms. The van der Waals surface area contributed by atoms with E-state index in [4.69, 9.17) is 5.26 Å². The van der Waals surface area contributed by atoms with Crippen molar-refractivity contribution in [2.75, 3.05) is 23.4 Å². The summed E-state index contributed by atoms with van der Waals surface area (Å²) in [6.07, 6.45) is 0. The maximum absolute atomic E-state index is 11.2. The molecule has 0 bridgehead atoms. The first kappa shape index (κ1) is 14.1. The van der Waals surface area contributed by atoms with Crippen LogP contribution in [0.1, 0.15) is 12.6 Å². The van der Waals surface area contributed by atoms with Gasteiger partial charge in [-0.15, -0.1) is 0 Å². The summed E-state index contributed by atoms with van der Waals surface area (Å²) >= 11 is 0. The van der Waals surface area contributed by atoms with Crippen LogP contribution >= 0.6 is 0 Å². The molecule has 96 valence electrons. The topological polar surface area (TPSA) is 109 Å². The van der Waals surface area contributed by atoms with Crippen molar-refractivity contribution in [1.29, 1.82) is 5.26 Å². The maximum atomic E-state index is 11.2. The predicted molar refractivity (Wildman–Crippen MR) is 67.6 cm³/mol. The Morgan fingerprint density at radius 1 is 1.61 bits per heavy atom. The lowest BCUT2D eigenvalue weighted by molar-refractivity contribution is -0.385. The van der Waals surface area contributed by atoms with E-state index in [1.165, 1.54) is 12.1 Å². The quantitative estimate of drug-likeness (QED) is 0.610. The van der Waals surface area contributed by atoms with Gasteiger partial charge in [0.2, 0.25) is 5.69 Å². The first-order valence-electron chi connectivity index (χ1n) is 5.22. The summed E-state index contributed by atoms with van der Waals surface area (Å²) in [5.74, 6) is 1.42. The van der Waals surface area contributed by atoms with Gasteiger partial charge in [0.15, 0.2) is 0 Å². The third-order valence-electron chi connectivity index (χ3n) is 2.13. The van der Waals surface area contributed by atoms with Crippen molar-refractivity contribution in [3.63, 3.8) is 0 Å². The third-order valence-corrected chi connectivity index (χ3v) is 3.44. The van der Waals surface area contributed by atoms with Crippen molar-refractivity contribution in [2.24, 2.45) is 0 Å². The number of nitrogens with zero attached hydrogens (tertiary/aromatic N) is 3. The summed E-state index contributed by atoms with van der Waals surface area (Å²) < 4.78 is 11.2. The average Bonchev–Trinajstić information content (AvgIpc) is 2.37. The monoisotopic (exact) mass is 268 g/mol. The number of nitrogens with one attached hydrogen (secondary N) is 1. The van der Waals surface area contributed by atoms with Crippen molar-refractivity contribution < 1.29 is 9.13 Å². The molecule has 1 unspecified atom stereocenters. The van der Waals surface area contributed by atoms with Gasteiger partial charge in [-0.05, 0) is 6.07 Å². The van der Waals surface area contributed by atoms with Gasteiger partial charge in [-0.1, -0.05) is 6.92 Å². The first-order valence-corrected chi connectivity index (χ1v) is 6.71. The highest BCUT2D eigenvalue weighted by atomic mass is 32.2. The fraction of sp³-hybridized carbons (Fsp3) is 0.400. The van der Waals surface area contributed by atoms with Crippen molar-refractivity contribution in [3.05, 3.63) is 27.9 Å². The Balaban J connectivity index is 2.72. The van der Waals surface area contributed by atoms with Crippen LogP contribution in [0.5, 0.6) is 0 Å². The van der Waals surface area contributed by atoms with Crippen molar-refractivity contribution >= 4 is 22.3 Å². The largest absolute Gasteiger partial charge is 0.369 e. The lowest BCUT2D eigenvalue weighted by atomic mass is 10.3. The normalized spacial score (nSPS) is 11.6. The van der Waals surface area contributed by atoms with Gasteiger partial charge in [0, 0.05) is 34.9 Å². The molecule has 0 radical (unpaired) electrons. The summed E-state index contributed by atoms with van der Waals surface area (Å²) in [6, 6.07) is 4.33. The number of pyridine rings is 1. The fourth-order valence-corrected chi connectivity index (χ4v) is 1.84. The SMILES string of the molecule is CCS(=O)CCNc1ccc([N+](=O)[O-])c(C#N)n1. The van der Waals surface area contributed by atoms with Gasteiger partial charge in [0.1, 0.15) is 11.9 Å². The van der Waals surface area contributed by atoms with Gasteiger partial charge < -0.3 is 5.32 Å². The molecule has 1 N–H and O–H groups in total. The predicted octanol–water partition coefficient (Wildman–Crippen LogP) is 1.04. The zero-order valence-electron chi connectivity index (χ0n) is 9.75. The number of hydrogen-bond donors (Lipinski definition) is 1. The molecule has 18 heavy (non-hydrogen) atoms. The Labute approximate surface area is 106 Å². The molecule has 7 nitrogen and oxygen atoms in total. The van der Waals surface area contributed by atoms with Crippen LogP contribution in [0.3, 0.4) is 0 Å². The van der Waals surface area contributed by atoms with E-state index < -0.39 is 15.7 Å². The van der Waals surface area contributed by atoms with Crippen molar-refractivity contribution in [3.8, 4) is 6.07 Å². The molecule has 1 aromatic rings. The minimum Gasteiger partial charge on any atom is -0.369 e. The molecule has 0 aliphatic rings. The smallest absolute Gasteiger partial charge is 0.305 e. The molecule has 0 aromatic carbocycles. The van der Waals surface area contributed by atoms with Crippen LogP contribution in [0, 0.1) is 21.4 Å². The van der Waals surface area contributed by atoms with E-state index >= 15 is 0 Å². The molecule has 0 spiro atoms. The molecule has 1 aromatic heterocycles. The van der Waals surface area contributed by atoms with Gasteiger partial charge in [0.05, 0.1) is 4.92 Å². The Hall–Kier alpha value is -2.01. The highest BCUT2D eigenvalue weighted by Gasteiger charge is 2.15. The molecule has 0 amide bonds. The molecular weight excluding hydrogens is 256 g/mol. The van der Waals surface area contributed by atoms with Crippen LogP contribution in [0.15, 0.2) is 12.1 Å². The second kappa shape index (κ2) is 6.66. The fourth-order valence-electron chi connectivity index (χ4n) is 1.22. The van der Waals surface area contributed by atoms with E-state index in [0.717, 1.165) is 0 Å². The van der Waals surface area contributed by atoms with Crippen LogP contribution in [0.25, 0.3) is 0 Å². The van der Waals surface area contributed by atoms with Crippen LogP contribution in [-0.4, -0.2) is 32.2 Å². The van der Waals surface area contributed by atoms with Crippen LogP contribution < -0.4 is 5.32 Å². The molecule has 0 aliphatic carbocycles. The number of nitro groups is 1. The molecule has 0 fully saturated rings. The Morgan fingerprint density at radius 2 is 2.33 bits per heavy atom. The minimum atomic E-state index is -0.883. The lowest BCUT2D eigenvalue weighted by Crippen LogP contribution is -2.13. The van der Waals surface area contributed by atoms with E-state index in [0.29, 0.717) is 23.9 Å². The first-order chi connectivity index (χ1) is 8.58. The van der Waals surface area contributed by atoms with Crippen LogP contribution in [0.2, 0.25) is 0 Å². The minimum absolute atomic E-state index is 0.235. The number of anilines is 1. The Bertz CT molecular complexity index is 512. The maximum Gasteiger partial charge on any atom is 0.305 e. The van der Waals surface area contributed by atoms with Gasteiger partial charge in [0.25, 0.3) is 0 Å². The third kappa shape index (κ3) is 3.78. The summed E-state index contributed by atoms with van der Waals surface area (Å²) in [7, 11) is -0.883. The number of hydrogen-bond acceptors (Lipinski definition) is 6. The second-order valence-corrected chi connectivity index (χ2v) is 5.16. The zero-order valence-corrected chi connectivity index (χ0v) is 10.6. The van der Waals surface area contributed by atoms with Gasteiger partial charge in [-0.3, -0.25) is 14.3 Å². The number of rotatable bonds is 6. The zero-order chi connectivity index (χ0) is 13.5. The lowest BCUT2D eigenvalue weighted by Gasteiger charge is -2.05. The average molecular weight is 268 g/mol. The molecule has 0 aliphatic heterocycles. The van der Waals surface area contributed by atoms with E-state index in [1.807, 2.05) is 6.92 Å². The molecule has 1 heterocycles. The van der Waals surface area contributed by atoms with Gasteiger partial charge in [-0.25, -0.2) is 4.98 Å². The van der Waals surface area contributed by atoms with E-state index in [1.54, 1.807) is 6.07 Å². The summed E-state index contributed by atoms with van der Waals surface area (Å²) in [6.45, 7) is 2.27. The second-order valence-electron chi connectivity index (χ2n) is 3.29. The summed E-state index contributed by atoms with van der Waals surface area (Å²) in [5.41, 5.74) is -0.554. The Morgan fingerprint density at radius 3 is 2.89 bits per heavy atom. The standard InChI is InChI=1S/C10H12N4O3S/c1-2-18(17)6-5-12-10-4-3-9(14(15)16)8(7-11)13-10/h3-4H,2,5-6H2,1H3,(H,12,13). The summed E-state index contributed by atoms with van der Waals surface area (Å²) in [5, 5.41) is 22.2. The van der Waals surface area contributed by atoms with Gasteiger partial charge in [-0.2, -0.15) is 5.26 Å². The highest BCUT2D eigenvalue weighted by molar-refractivity contribution is 7.84. The van der Waals surface area contributed by atoms with Crippen molar-refractivity contribution in [1.82, 2.24) is 4.98 Å². The van der Waals surface area contributed by atoms with E-state index in [9.17, 15) is 14.3 Å². The van der Waals surface area contributed by atoms with E-state index in [2.05, 4.69) is 10.3 Å². The highest BCUT2D eigenvalue weighted by Crippen LogP contribution is 2.17. The van der Waals surface area contributed by atoms with E-state index in [-0.39, 0.29) is 11.4 Å². The molecule has 1 rings (SSSR count). The summed E-state index contributed by atoms with van der Waals surface area (Å²) in [4.78, 5) is 13.8. The van der Waals surface area contributed by atoms with Gasteiger partial charge >= 0.3 is 5.69 Å². The number of aromatic nitrogens is 1. The Kier molecular flexibility index (Phi) is 5.20. The molecular formula is C10H12N4O3S. The van der Waals surface area contributed by atoms with Crippen molar-refractivity contribution in [2.45, 2.75) is 6.92 Å². The number of nitriles is 1. The molecule has 1 atom stereocenters. The van der Waals surface area contributed by atoms with Crippen LogP contribution in [-0.2, 0) is 10.8 Å². The van der Waals surface area contributed by atoms with Crippen LogP contribution in [0.4, 0.5) is 11.5 Å². The molecule has 0 saturated heterocycles.